The molecule has 6 atom stereocenters. The van der Waals surface area contributed by atoms with Gasteiger partial charge in [-0.25, -0.2) is 9.13 Å². The van der Waals surface area contributed by atoms with Gasteiger partial charge in [-0.1, -0.05) is 299 Å². The van der Waals surface area contributed by atoms with E-state index in [2.05, 4.69) is 48.5 Å². The van der Waals surface area contributed by atoms with Crippen molar-refractivity contribution in [1.82, 2.24) is 0 Å². The number of phosphoric acid groups is 2. The summed E-state index contributed by atoms with van der Waals surface area (Å²) < 4.78 is 68.2. The normalized spacial score (nSPS) is 14.5. The molecule has 0 fully saturated rings. The summed E-state index contributed by atoms with van der Waals surface area (Å²) in [4.78, 5) is 72.5. The second-order valence-electron chi connectivity index (χ2n) is 26.5. The standard InChI is InChI=1S/C70H136O17P2/c1-8-10-11-12-13-14-15-16-19-22-25-28-37-44-51-67(72)80-57-65(86-69(74)53-46-39-29-26-23-20-17-18-21-24-27-34-41-48-61(3)4)59-84-88(76,77)82-55-64(71)56-83-89(78,79)85-60-66(58-81-68(73)52-45-38-32-30-35-42-49-62(5)6)87-70(75)54-47-40-33-31-36-43-50-63(7)9-2/h61-66,71H,8-60H2,1-7H3,(H,76,77)(H,78,79)/t63?,64-,65-,66-/m1/s1. The van der Waals surface area contributed by atoms with Crippen LogP contribution in [0.3, 0.4) is 0 Å². The van der Waals surface area contributed by atoms with Gasteiger partial charge in [-0.05, 0) is 43.4 Å². The Morgan fingerprint density at radius 2 is 0.573 bits per heavy atom. The van der Waals surface area contributed by atoms with Crippen LogP contribution in [0, 0.1) is 17.8 Å². The van der Waals surface area contributed by atoms with Gasteiger partial charge < -0.3 is 33.8 Å². The summed E-state index contributed by atoms with van der Waals surface area (Å²) in [5.74, 6) is 0.0561. The van der Waals surface area contributed by atoms with Crippen molar-refractivity contribution in [2.75, 3.05) is 39.6 Å². The maximum Gasteiger partial charge on any atom is 0.472 e. The fourth-order valence-corrected chi connectivity index (χ4v) is 12.1. The highest BCUT2D eigenvalue weighted by molar-refractivity contribution is 7.47. The van der Waals surface area contributed by atoms with Gasteiger partial charge in [-0.3, -0.25) is 37.3 Å². The van der Waals surface area contributed by atoms with E-state index in [-0.39, 0.29) is 25.7 Å². The lowest BCUT2D eigenvalue weighted by Gasteiger charge is -2.21. The molecule has 0 aliphatic carbocycles. The number of aliphatic hydroxyl groups excluding tert-OH is 1. The predicted octanol–water partition coefficient (Wildman–Crippen LogP) is 19.8. The van der Waals surface area contributed by atoms with Crippen molar-refractivity contribution in [3.05, 3.63) is 0 Å². The van der Waals surface area contributed by atoms with Gasteiger partial charge in [0.2, 0.25) is 0 Å². The van der Waals surface area contributed by atoms with Crippen molar-refractivity contribution in [2.24, 2.45) is 17.8 Å². The van der Waals surface area contributed by atoms with E-state index in [0.29, 0.717) is 31.6 Å². The van der Waals surface area contributed by atoms with Gasteiger partial charge in [-0.2, -0.15) is 0 Å². The SMILES string of the molecule is CCCCCCCCCCCCCCCCC(=O)OC[C@H](COP(=O)(O)OC[C@@H](O)COP(=O)(O)OC[C@@H](COC(=O)CCCCCCCCC(C)C)OC(=O)CCCCCCCCC(C)CC)OC(=O)CCCCCCCCCCCCCCCC(C)C. The number of carbonyl (C=O) groups excluding carboxylic acids is 4. The lowest BCUT2D eigenvalue weighted by molar-refractivity contribution is -0.161. The Hall–Kier alpha value is -1.94. The maximum atomic E-state index is 13.0. The summed E-state index contributed by atoms with van der Waals surface area (Å²) in [5.41, 5.74) is 0. The second-order valence-corrected chi connectivity index (χ2v) is 29.4. The van der Waals surface area contributed by atoms with E-state index in [0.717, 1.165) is 108 Å². The molecule has 89 heavy (non-hydrogen) atoms. The molecule has 3 N–H and O–H groups in total. The molecule has 0 bridgehead atoms. The Morgan fingerprint density at radius 1 is 0.326 bits per heavy atom. The van der Waals surface area contributed by atoms with Gasteiger partial charge in [0.05, 0.1) is 26.4 Å². The highest BCUT2D eigenvalue weighted by Gasteiger charge is 2.30. The van der Waals surface area contributed by atoms with Gasteiger partial charge in [0.25, 0.3) is 0 Å². The third-order valence-corrected chi connectivity index (χ3v) is 18.4. The first-order chi connectivity index (χ1) is 42.8. The van der Waals surface area contributed by atoms with E-state index in [9.17, 15) is 43.2 Å². The Labute approximate surface area is 543 Å². The average Bonchev–Trinajstić information content (AvgIpc) is 3.56. The fourth-order valence-electron chi connectivity index (χ4n) is 10.5. The molecule has 3 unspecified atom stereocenters. The molecule has 19 heteroatoms. The molecule has 0 aliphatic heterocycles. The molecule has 0 aromatic rings. The summed E-state index contributed by atoms with van der Waals surface area (Å²) in [5, 5.41) is 10.6. The molecule has 0 aliphatic rings. The summed E-state index contributed by atoms with van der Waals surface area (Å²) in [6.45, 7) is 11.7. The Bertz CT molecular complexity index is 1750. The fraction of sp³-hybridized carbons (Fsp3) is 0.943. The van der Waals surface area contributed by atoms with Gasteiger partial charge >= 0.3 is 39.5 Å². The molecule has 0 radical (unpaired) electrons. The Kier molecular flexibility index (Phi) is 59.6. The molecule has 0 spiro atoms. The minimum absolute atomic E-state index is 0.102. The number of aliphatic hydroxyl groups is 1. The molecule has 17 nitrogen and oxygen atoms in total. The number of esters is 4. The molecule has 0 rings (SSSR count). The number of rotatable bonds is 68. The zero-order chi connectivity index (χ0) is 65.9. The third-order valence-electron chi connectivity index (χ3n) is 16.5. The predicted molar refractivity (Wildman–Crippen MR) is 358 cm³/mol. The van der Waals surface area contributed by atoms with Crippen molar-refractivity contribution in [2.45, 2.75) is 369 Å². The van der Waals surface area contributed by atoms with Crippen molar-refractivity contribution in [3.63, 3.8) is 0 Å². The molecule has 0 aromatic heterocycles. The highest BCUT2D eigenvalue weighted by Crippen LogP contribution is 2.45. The lowest BCUT2D eigenvalue weighted by Crippen LogP contribution is -2.30. The van der Waals surface area contributed by atoms with Crippen LogP contribution in [0.25, 0.3) is 0 Å². The number of unbranched alkanes of at least 4 members (excludes halogenated alkanes) is 35. The minimum Gasteiger partial charge on any atom is -0.462 e. The van der Waals surface area contributed by atoms with Crippen molar-refractivity contribution in [3.8, 4) is 0 Å². The monoisotopic (exact) mass is 1310 g/mol. The first kappa shape index (κ1) is 87.1. The first-order valence-electron chi connectivity index (χ1n) is 36.4. The highest BCUT2D eigenvalue weighted by atomic mass is 31.2. The van der Waals surface area contributed by atoms with Gasteiger partial charge in [0.1, 0.15) is 19.3 Å². The van der Waals surface area contributed by atoms with E-state index < -0.39 is 97.5 Å². The molecule has 0 saturated carbocycles. The van der Waals surface area contributed by atoms with Crippen LogP contribution in [0.5, 0.6) is 0 Å². The third kappa shape index (κ3) is 63.2. The second kappa shape index (κ2) is 61.0. The number of hydrogen-bond donors (Lipinski definition) is 3. The van der Waals surface area contributed by atoms with E-state index in [1.54, 1.807) is 0 Å². The van der Waals surface area contributed by atoms with Crippen LogP contribution in [0.2, 0.25) is 0 Å². The van der Waals surface area contributed by atoms with Crippen molar-refractivity contribution < 1.29 is 80.2 Å². The zero-order valence-corrected chi connectivity index (χ0v) is 59.7. The molecule has 0 aromatic carbocycles. The van der Waals surface area contributed by atoms with E-state index in [1.807, 2.05) is 0 Å². The first-order valence-corrected chi connectivity index (χ1v) is 39.4. The van der Waals surface area contributed by atoms with Crippen molar-refractivity contribution in [1.29, 1.82) is 0 Å². The van der Waals surface area contributed by atoms with E-state index in [4.69, 9.17) is 37.0 Å². The summed E-state index contributed by atoms with van der Waals surface area (Å²) in [7, 11) is -9.90. The topological polar surface area (TPSA) is 237 Å². The number of carbonyl (C=O) groups is 4. The van der Waals surface area contributed by atoms with Crippen LogP contribution in [0.4, 0.5) is 0 Å². The van der Waals surface area contributed by atoms with Crippen LogP contribution < -0.4 is 0 Å². The molecular formula is C70H136O17P2. The summed E-state index contributed by atoms with van der Waals surface area (Å²) in [6.07, 6.45) is 44.6. The molecule has 0 amide bonds. The average molecular weight is 1310 g/mol. The van der Waals surface area contributed by atoms with Crippen LogP contribution in [0.1, 0.15) is 350 Å². The molecular weight excluding hydrogens is 1170 g/mol. The van der Waals surface area contributed by atoms with Crippen LogP contribution >= 0.6 is 15.6 Å². The van der Waals surface area contributed by atoms with Crippen LogP contribution in [-0.2, 0) is 65.4 Å². The van der Waals surface area contributed by atoms with Gasteiger partial charge in [-0.15, -0.1) is 0 Å². The number of hydrogen-bond acceptors (Lipinski definition) is 15. The molecule has 528 valence electrons. The summed E-state index contributed by atoms with van der Waals surface area (Å²) in [6, 6.07) is 0. The molecule has 0 saturated heterocycles. The van der Waals surface area contributed by atoms with Crippen molar-refractivity contribution >= 4 is 39.5 Å². The van der Waals surface area contributed by atoms with E-state index >= 15 is 0 Å². The zero-order valence-electron chi connectivity index (χ0n) is 57.9. The Balaban J connectivity index is 5.24. The summed E-state index contributed by atoms with van der Waals surface area (Å²) >= 11 is 0. The largest absolute Gasteiger partial charge is 0.472 e. The maximum absolute atomic E-state index is 13.0. The van der Waals surface area contributed by atoms with Gasteiger partial charge in [0, 0.05) is 25.7 Å². The van der Waals surface area contributed by atoms with Gasteiger partial charge in [0.15, 0.2) is 12.2 Å². The lowest BCUT2D eigenvalue weighted by atomic mass is 10.00. The number of ether oxygens (including phenoxy) is 4. The quantitative estimate of drug-likeness (QED) is 0.0222. The number of phosphoric ester groups is 2. The minimum atomic E-state index is -4.95. The van der Waals surface area contributed by atoms with Crippen LogP contribution in [-0.4, -0.2) is 96.7 Å². The Morgan fingerprint density at radius 3 is 0.854 bits per heavy atom. The molecule has 0 heterocycles. The van der Waals surface area contributed by atoms with E-state index in [1.165, 1.54) is 154 Å². The smallest absolute Gasteiger partial charge is 0.462 e. The van der Waals surface area contributed by atoms with Crippen LogP contribution in [0.15, 0.2) is 0 Å².